The Morgan fingerprint density at radius 2 is 2.26 bits per heavy atom. The summed E-state index contributed by atoms with van der Waals surface area (Å²) in [6, 6.07) is 4.11. The van der Waals surface area contributed by atoms with Crippen LogP contribution >= 0.6 is 22.7 Å². The highest BCUT2D eigenvalue weighted by molar-refractivity contribution is 7.17. The zero-order chi connectivity index (χ0) is 13.8. The quantitative estimate of drug-likeness (QED) is 0.886. The van der Waals surface area contributed by atoms with Gasteiger partial charge in [-0.2, -0.15) is 0 Å². The van der Waals surface area contributed by atoms with Crippen molar-refractivity contribution in [3.63, 3.8) is 0 Å². The lowest BCUT2D eigenvalue weighted by Gasteiger charge is -2.18. The normalized spacial score (nSPS) is 10.6. The Morgan fingerprint density at radius 1 is 1.47 bits per heavy atom. The van der Waals surface area contributed by atoms with Crippen LogP contribution in [0.1, 0.15) is 34.1 Å². The molecule has 0 unspecified atom stereocenters. The van der Waals surface area contributed by atoms with Crippen LogP contribution in [0.2, 0.25) is 0 Å². The first kappa shape index (κ1) is 14.0. The minimum atomic E-state index is -0.882. The maximum atomic E-state index is 11.2. The molecule has 0 radical (unpaired) electrons. The van der Waals surface area contributed by atoms with Gasteiger partial charge in [0.15, 0.2) is 5.13 Å². The van der Waals surface area contributed by atoms with E-state index in [0.29, 0.717) is 17.0 Å². The molecule has 0 aliphatic carbocycles. The number of aryl methyl sites for hydroxylation is 1. The van der Waals surface area contributed by atoms with E-state index in [-0.39, 0.29) is 0 Å². The van der Waals surface area contributed by atoms with Gasteiger partial charge in [0.1, 0.15) is 4.88 Å². The lowest BCUT2D eigenvalue weighted by atomic mass is 10.3. The number of aromatic carboxylic acids is 1. The van der Waals surface area contributed by atoms with E-state index in [1.165, 1.54) is 16.2 Å². The highest BCUT2D eigenvalue weighted by atomic mass is 32.1. The molecule has 0 aliphatic heterocycles. The summed E-state index contributed by atoms with van der Waals surface area (Å²) in [5, 5.41) is 12.0. The molecule has 2 aromatic heterocycles. The van der Waals surface area contributed by atoms with Gasteiger partial charge in [-0.05, 0) is 24.8 Å². The Bertz CT molecular complexity index is 549. The van der Waals surface area contributed by atoms with E-state index >= 15 is 0 Å². The van der Waals surface area contributed by atoms with Crippen molar-refractivity contribution in [1.82, 2.24) is 4.98 Å². The van der Waals surface area contributed by atoms with E-state index in [1.807, 2.05) is 18.4 Å². The highest BCUT2D eigenvalue weighted by Gasteiger charge is 2.19. The number of rotatable bonds is 6. The summed E-state index contributed by atoms with van der Waals surface area (Å²) in [6.45, 7) is 5.58. The van der Waals surface area contributed by atoms with Gasteiger partial charge in [-0.25, -0.2) is 9.78 Å². The zero-order valence-corrected chi connectivity index (χ0v) is 12.6. The van der Waals surface area contributed by atoms with Crippen LogP contribution in [-0.4, -0.2) is 22.6 Å². The number of thiazole rings is 1. The summed E-state index contributed by atoms with van der Waals surface area (Å²) < 4.78 is 0. The van der Waals surface area contributed by atoms with Crippen molar-refractivity contribution in [2.45, 2.75) is 26.8 Å². The molecule has 0 amide bonds. The fourth-order valence-corrected chi connectivity index (χ4v) is 3.56. The first-order valence-electron chi connectivity index (χ1n) is 6.16. The smallest absolute Gasteiger partial charge is 0.347 e. The Balaban J connectivity index is 2.25. The SMILES string of the molecule is CCc1nc(N(CC)Cc2cccs2)sc1C(=O)O. The second kappa shape index (κ2) is 6.16. The van der Waals surface area contributed by atoms with Crippen LogP contribution in [0.15, 0.2) is 17.5 Å². The molecule has 1 N–H and O–H groups in total. The number of anilines is 1. The maximum absolute atomic E-state index is 11.2. The first-order chi connectivity index (χ1) is 9.15. The molecule has 0 aliphatic rings. The number of aromatic nitrogens is 1. The molecule has 6 heteroatoms. The molecule has 2 heterocycles. The van der Waals surface area contributed by atoms with Crippen molar-refractivity contribution in [2.24, 2.45) is 0 Å². The second-order valence-electron chi connectivity index (χ2n) is 4.02. The van der Waals surface area contributed by atoms with Crippen LogP contribution in [0.25, 0.3) is 0 Å². The summed E-state index contributed by atoms with van der Waals surface area (Å²) in [6.07, 6.45) is 0.648. The summed E-state index contributed by atoms with van der Waals surface area (Å²) in [7, 11) is 0. The molecular weight excluding hydrogens is 280 g/mol. The average molecular weight is 296 g/mol. The third-order valence-electron chi connectivity index (χ3n) is 2.79. The molecule has 2 aromatic rings. The Hall–Kier alpha value is -1.40. The summed E-state index contributed by atoms with van der Waals surface area (Å²) in [5.74, 6) is -0.882. The molecule has 2 rings (SSSR count). The largest absolute Gasteiger partial charge is 0.477 e. The Kier molecular flexibility index (Phi) is 4.55. The number of nitrogens with zero attached hydrogens (tertiary/aromatic N) is 2. The van der Waals surface area contributed by atoms with E-state index in [0.717, 1.165) is 18.2 Å². The van der Waals surface area contributed by atoms with Crippen molar-refractivity contribution in [3.8, 4) is 0 Å². The van der Waals surface area contributed by atoms with Crippen LogP contribution in [0.3, 0.4) is 0 Å². The van der Waals surface area contributed by atoms with Gasteiger partial charge in [0.2, 0.25) is 0 Å². The molecule has 4 nitrogen and oxygen atoms in total. The molecule has 0 aromatic carbocycles. The fraction of sp³-hybridized carbons (Fsp3) is 0.385. The molecule has 0 spiro atoms. The number of hydrogen-bond acceptors (Lipinski definition) is 5. The molecule has 102 valence electrons. The highest BCUT2D eigenvalue weighted by Crippen LogP contribution is 2.28. The van der Waals surface area contributed by atoms with Gasteiger partial charge in [0, 0.05) is 11.4 Å². The van der Waals surface area contributed by atoms with Gasteiger partial charge < -0.3 is 10.0 Å². The van der Waals surface area contributed by atoms with Crippen LogP contribution in [0.5, 0.6) is 0 Å². The maximum Gasteiger partial charge on any atom is 0.347 e. The van der Waals surface area contributed by atoms with Crippen molar-refractivity contribution in [3.05, 3.63) is 33.0 Å². The minimum absolute atomic E-state index is 0.363. The van der Waals surface area contributed by atoms with Crippen molar-refractivity contribution >= 4 is 33.8 Å². The summed E-state index contributed by atoms with van der Waals surface area (Å²) in [5.41, 5.74) is 0.678. The van der Waals surface area contributed by atoms with Crippen LogP contribution in [-0.2, 0) is 13.0 Å². The van der Waals surface area contributed by atoms with E-state index < -0.39 is 5.97 Å². The van der Waals surface area contributed by atoms with E-state index in [4.69, 9.17) is 0 Å². The zero-order valence-electron chi connectivity index (χ0n) is 10.9. The lowest BCUT2D eigenvalue weighted by molar-refractivity contribution is 0.0701. The average Bonchev–Trinajstić information content (AvgIpc) is 3.04. The van der Waals surface area contributed by atoms with Crippen molar-refractivity contribution in [1.29, 1.82) is 0 Å². The van der Waals surface area contributed by atoms with Gasteiger partial charge >= 0.3 is 5.97 Å². The predicted octanol–water partition coefficient (Wildman–Crippen LogP) is 3.49. The molecule has 0 saturated carbocycles. The molecule has 0 atom stereocenters. The molecule has 0 bridgehead atoms. The van der Waals surface area contributed by atoms with Crippen LogP contribution in [0, 0.1) is 0 Å². The summed E-state index contributed by atoms with van der Waals surface area (Å²) >= 11 is 2.97. The van der Waals surface area contributed by atoms with E-state index in [9.17, 15) is 9.90 Å². The van der Waals surface area contributed by atoms with Crippen molar-refractivity contribution < 1.29 is 9.90 Å². The predicted molar refractivity (Wildman–Crippen MR) is 79.5 cm³/mol. The number of hydrogen-bond donors (Lipinski definition) is 1. The van der Waals surface area contributed by atoms with Crippen LogP contribution in [0.4, 0.5) is 5.13 Å². The number of thiophene rings is 1. The molecular formula is C13H16N2O2S2. The molecule has 0 fully saturated rings. The first-order valence-corrected chi connectivity index (χ1v) is 7.85. The van der Waals surface area contributed by atoms with Gasteiger partial charge in [-0.1, -0.05) is 24.3 Å². The van der Waals surface area contributed by atoms with Gasteiger partial charge in [0.05, 0.1) is 12.2 Å². The minimum Gasteiger partial charge on any atom is -0.477 e. The fourth-order valence-electron chi connectivity index (χ4n) is 1.79. The standard InChI is InChI=1S/C13H16N2O2S2/c1-3-10-11(12(16)17)19-13(14-10)15(4-2)8-9-6-5-7-18-9/h5-7H,3-4,8H2,1-2H3,(H,16,17). The Labute approximate surface area is 120 Å². The number of carboxylic acids is 1. The topological polar surface area (TPSA) is 53.4 Å². The monoisotopic (exact) mass is 296 g/mol. The third-order valence-corrected chi connectivity index (χ3v) is 4.80. The third kappa shape index (κ3) is 3.13. The van der Waals surface area contributed by atoms with Crippen LogP contribution < -0.4 is 4.90 Å². The molecule has 0 saturated heterocycles. The van der Waals surface area contributed by atoms with Gasteiger partial charge in [-0.3, -0.25) is 0 Å². The summed E-state index contributed by atoms with van der Waals surface area (Å²) in [4.78, 5) is 19.4. The van der Waals surface area contributed by atoms with Gasteiger partial charge in [-0.15, -0.1) is 11.3 Å². The van der Waals surface area contributed by atoms with Crippen molar-refractivity contribution in [2.75, 3.05) is 11.4 Å². The Morgan fingerprint density at radius 3 is 2.74 bits per heavy atom. The number of carboxylic acid groups (broad SMARTS) is 1. The second-order valence-corrected chi connectivity index (χ2v) is 6.03. The van der Waals surface area contributed by atoms with E-state index in [2.05, 4.69) is 22.9 Å². The lowest BCUT2D eigenvalue weighted by Crippen LogP contribution is -2.21. The number of carbonyl (C=O) groups is 1. The van der Waals surface area contributed by atoms with Gasteiger partial charge in [0.25, 0.3) is 0 Å². The van der Waals surface area contributed by atoms with E-state index in [1.54, 1.807) is 11.3 Å². The molecule has 19 heavy (non-hydrogen) atoms.